The second kappa shape index (κ2) is 3.48. The third-order valence-corrected chi connectivity index (χ3v) is 2.59. The quantitative estimate of drug-likeness (QED) is 0.614. The molecule has 0 bridgehead atoms. The first-order valence-electron chi connectivity index (χ1n) is 5.17. The number of aromatic nitrogens is 3. The molecule has 0 saturated heterocycles. The molecule has 1 aromatic carbocycles. The van der Waals surface area contributed by atoms with Gasteiger partial charge in [0, 0.05) is 11.9 Å². The standard InChI is InChI=1S/C12H10N4O/c13-8-4-5-9-10(7-8)16(12(17)15-9)11-3-1-2-6-14-11/h1-7H,13H2,(H,15,17). The lowest BCUT2D eigenvalue weighted by Crippen LogP contribution is -2.15. The number of hydrogen-bond donors (Lipinski definition) is 2. The Labute approximate surface area is 96.5 Å². The molecule has 5 nitrogen and oxygen atoms in total. The first-order valence-corrected chi connectivity index (χ1v) is 5.17. The van der Waals surface area contributed by atoms with Crippen molar-refractivity contribution in [1.29, 1.82) is 0 Å². The van der Waals surface area contributed by atoms with Gasteiger partial charge in [-0.05, 0) is 30.3 Å². The van der Waals surface area contributed by atoms with Gasteiger partial charge in [-0.25, -0.2) is 14.3 Å². The number of nitrogens with one attached hydrogen (secondary N) is 1. The predicted octanol–water partition coefficient (Wildman–Crippen LogP) is 1.30. The van der Waals surface area contributed by atoms with Gasteiger partial charge in [-0.15, -0.1) is 0 Å². The van der Waals surface area contributed by atoms with E-state index in [-0.39, 0.29) is 5.69 Å². The molecule has 0 spiro atoms. The summed E-state index contributed by atoms with van der Waals surface area (Å²) in [4.78, 5) is 18.8. The summed E-state index contributed by atoms with van der Waals surface area (Å²) in [6.45, 7) is 0. The number of rotatable bonds is 1. The highest BCUT2D eigenvalue weighted by Gasteiger charge is 2.08. The second-order valence-electron chi connectivity index (χ2n) is 3.73. The summed E-state index contributed by atoms with van der Waals surface area (Å²) >= 11 is 0. The van der Waals surface area contributed by atoms with Gasteiger partial charge in [0.2, 0.25) is 0 Å². The molecule has 17 heavy (non-hydrogen) atoms. The molecule has 3 rings (SSSR count). The van der Waals surface area contributed by atoms with Gasteiger partial charge in [0.15, 0.2) is 0 Å². The molecule has 0 aliphatic heterocycles. The van der Waals surface area contributed by atoms with E-state index in [1.54, 1.807) is 36.5 Å². The Bertz CT molecular complexity index is 727. The maximum Gasteiger partial charge on any atom is 0.332 e. The van der Waals surface area contributed by atoms with Crippen molar-refractivity contribution < 1.29 is 0 Å². The fraction of sp³-hybridized carbons (Fsp3) is 0. The third-order valence-electron chi connectivity index (χ3n) is 2.59. The summed E-state index contributed by atoms with van der Waals surface area (Å²) < 4.78 is 1.51. The van der Waals surface area contributed by atoms with E-state index in [2.05, 4.69) is 9.97 Å². The number of hydrogen-bond acceptors (Lipinski definition) is 3. The average Bonchev–Trinajstić information content (AvgIpc) is 2.65. The number of benzene rings is 1. The molecule has 0 atom stereocenters. The Hall–Kier alpha value is -2.56. The van der Waals surface area contributed by atoms with Crippen LogP contribution in [0.2, 0.25) is 0 Å². The maximum atomic E-state index is 11.9. The van der Waals surface area contributed by atoms with Gasteiger partial charge in [-0.3, -0.25) is 0 Å². The summed E-state index contributed by atoms with van der Waals surface area (Å²) in [5.41, 5.74) is 7.60. The molecule has 0 amide bonds. The number of aromatic amines is 1. The zero-order chi connectivity index (χ0) is 11.8. The molecule has 2 heterocycles. The third kappa shape index (κ3) is 1.48. The van der Waals surface area contributed by atoms with Crippen molar-refractivity contribution in [3.63, 3.8) is 0 Å². The van der Waals surface area contributed by atoms with E-state index in [4.69, 9.17) is 5.73 Å². The molecule has 0 unspecified atom stereocenters. The van der Waals surface area contributed by atoms with Crippen LogP contribution in [0.3, 0.4) is 0 Å². The Morgan fingerprint density at radius 2 is 2.12 bits per heavy atom. The van der Waals surface area contributed by atoms with Crippen LogP contribution in [0.15, 0.2) is 47.4 Å². The molecular weight excluding hydrogens is 216 g/mol. The Kier molecular flexibility index (Phi) is 1.98. The molecule has 2 aromatic heterocycles. The Morgan fingerprint density at radius 1 is 1.24 bits per heavy atom. The van der Waals surface area contributed by atoms with Crippen molar-refractivity contribution in [3.8, 4) is 5.82 Å². The number of nitrogen functional groups attached to an aromatic ring is 1. The summed E-state index contributed by atoms with van der Waals surface area (Å²) in [5.74, 6) is 0.578. The van der Waals surface area contributed by atoms with Crippen molar-refractivity contribution in [2.75, 3.05) is 5.73 Å². The van der Waals surface area contributed by atoms with Gasteiger partial charge < -0.3 is 10.7 Å². The summed E-state index contributed by atoms with van der Waals surface area (Å²) in [6.07, 6.45) is 1.65. The number of imidazole rings is 1. The van der Waals surface area contributed by atoms with Crippen LogP contribution in [0.5, 0.6) is 0 Å². The molecule has 0 radical (unpaired) electrons. The number of H-pyrrole nitrogens is 1. The van der Waals surface area contributed by atoms with Crippen LogP contribution in [-0.2, 0) is 0 Å². The maximum absolute atomic E-state index is 11.9. The van der Waals surface area contributed by atoms with E-state index in [0.717, 1.165) is 11.0 Å². The lowest BCUT2D eigenvalue weighted by Gasteiger charge is -2.01. The minimum Gasteiger partial charge on any atom is -0.399 e. The molecule has 0 saturated carbocycles. The molecular formula is C12H10N4O. The van der Waals surface area contributed by atoms with Gasteiger partial charge in [0.05, 0.1) is 11.0 Å². The first kappa shape index (κ1) is 9.65. The normalized spacial score (nSPS) is 10.8. The van der Waals surface area contributed by atoms with Crippen LogP contribution >= 0.6 is 0 Å². The topological polar surface area (TPSA) is 76.7 Å². The van der Waals surface area contributed by atoms with E-state index in [0.29, 0.717) is 11.5 Å². The van der Waals surface area contributed by atoms with Gasteiger partial charge in [-0.1, -0.05) is 6.07 Å². The Morgan fingerprint density at radius 3 is 2.88 bits per heavy atom. The zero-order valence-corrected chi connectivity index (χ0v) is 8.92. The SMILES string of the molecule is Nc1ccc2[nH]c(=O)n(-c3ccccn3)c2c1. The first-order chi connectivity index (χ1) is 8.25. The molecule has 84 valence electrons. The monoisotopic (exact) mass is 226 g/mol. The second-order valence-corrected chi connectivity index (χ2v) is 3.73. The number of anilines is 1. The fourth-order valence-electron chi connectivity index (χ4n) is 1.83. The van der Waals surface area contributed by atoms with E-state index < -0.39 is 0 Å². The van der Waals surface area contributed by atoms with Crippen LogP contribution in [0.25, 0.3) is 16.9 Å². The van der Waals surface area contributed by atoms with Crippen LogP contribution in [0.1, 0.15) is 0 Å². The minimum absolute atomic E-state index is 0.218. The van der Waals surface area contributed by atoms with E-state index in [9.17, 15) is 4.79 Å². The van der Waals surface area contributed by atoms with E-state index >= 15 is 0 Å². The van der Waals surface area contributed by atoms with Crippen LogP contribution in [0, 0.1) is 0 Å². The van der Waals surface area contributed by atoms with Gasteiger partial charge in [0.25, 0.3) is 0 Å². The summed E-state index contributed by atoms with van der Waals surface area (Å²) in [5, 5.41) is 0. The number of nitrogens with zero attached hydrogens (tertiary/aromatic N) is 2. The molecule has 0 aliphatic carbocycles. The molecule has 0 fully saturated rings. The summed E-state index contributed by atoms with van der Waals surface area (Å²) in [6, 6.07) is 10.7. The van der Waals surface area contributed by atoms with Crippen molar-refractivity contribution >= 4 is 16.7 Å². The van der Waals surface area contributed by atoms with E-state index in [1.165, 1.54) is 4.57 Å². The molecule has 3 aromatic rings. The lowest BCUT2D eigenvalue weighted by molar-refractivity contribution is 0.966. The van der Waals surface area contributed by atoms with Crippen LogP contribution in [-0.4, -0.2) is 14.5 Å². The highest BCUT2D eigenvalue weighted by Crippen LogP contribution is 2.16. The fourth-order valence-corrected chi connectivity index (χ4v) is 1.83. The van der Waals surface area contributed by atoms with Crippen molar-refractivity contribution in [3.05, 3.63) is 53.1 Å². The number of nitrogens with two attached hydrogens (primary N) is 1. The zero-order valence-electron chi connectivity index (χ0n) is 8.92. The molecule has 5 heteroatoms. The molecule has 3 N–H and O–H groups in total. The van der Waals surface area contributed by atoms with Gasteiger partial charge in [0.1, 0.15) is 5.82 Å². The Balaban J connectivity index is 2.40. The smallest absolute Gasteiger partial charge is 0.332 e. The largest absolute Gasteiger partial charge is 0.399 e. The van der Waals surface area contributed by atoms with Crippen LogP contribution < -0.4 is 11.4 Å². The minimum atomic E-state index is -0.218. The number of pyridine rings is 1. The highest BCUT2D eigenvalue weighted by molar-refractivity contribution is 5.80. The van der Waals surface area contributed by atoms with E-state index in [1.807, 2.05) is 6.07 Å². The average molecular weight is 226 g/mol. The van der Waals surface area contributed by atoms with Crippen molar-refractivity contribution in [1.82, 2.24) is 14.5 Å². The van der Waals surface area contributed by atoms with Gasteiger partial charge >= 0.3 is 5.69 Å². The lowest BCUT2D eigenvalue weighted by atomic mass is 10.3. The van der Waals surface area contributed by atoms with Gasteiger partial charge in [-0.2, -0.15) is 0 Å². The van der Waals surface area contributed by atoms with Crippen LogP contribution in [0.4, 0.5) is 5.69 Å². The van der Waals surface area contributed by atoms with Crippen molar-refractivity contribution in [2.45, 2.75) is 0 Å². The summed E-state index contributed by atoms with van der Waals surface area (Å²) in [7, 11) is 0. The molecule has 0 aliphatic rings. The number of fused-ring (bicyclic) bond motifs is 1. The predicted molar refractivity (Wildman–Crippen MR) is 66.1 cm³/mol. The highest BCUT2D eigenvalue weighted by atomic mass is 16.1. The van der Waals surface area contributed by atoms with Crippen molar-refractivity contribution in [2.24, 2.45) is 0 Å².